The fourth-order valence-electron chi connectivity index (χ4n) is 2.71. The minimum Gasteiger partial charge on any atom is -0.497 e. The van der Waals surface area contributed by atoms with E-state index in [1.54, 1.807) is 25.3 Å². The molecule has 2 aromatic carbocycles. The summed E-state index contributed by atoms with van der Waals surface area (Å²) in [5, 5.41) is 9.15. The summed E-state index contributed by atoms with van der Waals surface area (Å²) in [7, 11) is 1.65. The monoisotopic (exact) mass is 346 g/mol. The van der Waals surface area contributed by atoms with Crippen LogP contribution in [0.15, 0.2) is 72.9 Å². The molecule has 1 N–H and O–H groups in total. The number of rotatable bonds is 6. The number of methoxy groups -OCH3 is 1. The van der Waals surface area contributed by atoms with Gasteiger partial charge in [0, 0.05) is 23.8 Å². The first-order chi connectivity index (χ1) is 12.7. The van der Waals surface area contributed by atoms with Crippen LogP contribution in [0, 0.1) is 0 Å². The van der Waals surface area contributed by atoms with Crippen LogP contribution in [0.2, 0.25) is 0 Å². The van der Waals surface area contributed by atoms with Gasteiger partial charge >= 0.3 is 5.97 Å². The van der Waals surface area contributed by atoms with E-state index >= 15 is 0 Å². The average Bonchev–Trinajstić information content (AvgIpc) is 2.67. The molecular formula is C22H20NO3+. The van der Waals surface area contributed by atoms with Crippen molar-refractivity contribution in [3.63, 3.8) is 0 Å². The van der Waals surface area contributed by atoms with Crippen molar-refractivity contribution < 1.29 is 19.2 Å². The van der Waals surface area contributed by atoms with Crippen molar-refractivity contribution in [2.75, 3.05) is 7.11 Å². The number of pyridine rings is 1. The molecule has 3 rings (SSSR count). The van der Waals surface area contributed by atoms with Crippen LogP contribution in [0.1, 0.15) is 27.2 Å². The van der Waals surface area contributed by atoms with E-state index in [0.717, 1.165) is 22.6 Å². The molecule has 0 unspecified atom stereocenters. The van der Waals surface area contributed by atoms with Crippen LogP contribution in [-0.2, 0) is 6.54 Å². The number of hydrogen-bond acceptors (Lipinski definition) is 2. The Morgan fingerprint density at radius 2 is 1.88 bits per heavy atom. The zero-order chi connectivity index (χ0) is 18.4. The Kier molecular flexibility index (Phi) is 5.44. The molecule has 1 heterocycles. The van der Waals surface area contributed by atoms with Crippen molar-refractivity contribution in [1.29, 1.82) is 0 Å². The first-order valence-corrected chi connectivity index (χ1v) is 8.28. The van der Waals surface area contributed by atoms with E-state index in [4.69, 9.17) is 9.84 Å². The molecule has 3 aromatic rings. The van der Waals surface area contributed by atoms with Crippen molar-refractivity contribution in [2.45, 2.75) is 6.54 Å². The normalized spacial score (nSPS) is 10.8. The van der Waals surface area contributed by atoms with Crippen LogP contribution >= 0.6 is 0 Å². The highest BCUT2D eigenvalue weighted by molar-refractivity contribution is 5.87. The maximum atomic E-state index is 11.2. The maximum absolute atomic E-state index is 11.2. The summed E-state index contributed by atoms with van der Waals surface area (Å²) in [6, 6.07) is 20.8. The largest absolute Gasteiger partial charge is 0.497 e. The van der Waals surface area contributed by atoms with Crippen LogP contribution in [0.5, 0.6) is 5.75 Å². The fraction of sp³-hybridized carbons (Fsp3) is 0.0909. The molecule has 0 spiro atoms. The number of carboxylic acids is 1. The molecule has 0 radical (unpaired) electrons. The molecule has 0 saturated carbocycles. The Bertz CT molecular complexity index is 947. The number of hydrogen-bond donors (Lipinski definition) is 1. The zero-order valence-corrected chi connectivity index (χ0v) is 14.5. The molecule has 4 nitrogen and oxygen atoms in total. The van der Waals surface area contributed by atoms with Crippen molar-refractivity contribution in [2.24, 2.45) is 0 Å². The molecule has 0 aliphatic carbocycles. The number of aromatic nitrogens is 1. The molecule has 0 fully saturated rings. The summed E-state index contributed by atoms with van der Waals surface area (Å²) in [6.45, 7) is 0.597. The third kappa shape index (κ3) is 4.36. The number of carboxylic acid groups (broad SMARTS) is 1. The van der Waals surface area contributed by atoms with Gasteiger partial charge in [-0.05, 0) is 42.0 Å². The molecular weight excluding hydrogens is 326 g/mol. The second-order valence-electron chi connectivity index (χ2n) is 5.87. The standard InChI is InChI=1S/C22H19NO3/c1-26-21-10-5-6-17(15-21)11-12-20-9-2-3-13-23(20)16-18-7-4-8-19(14-18)22(24)25/h2-15H,16H2,1H3/p+1/b12-11+. The lowest BCUT2D eigenvalue weighted by atomic mass is 10.1. The van der Waals surface area contributed by atoms with Gasteiger partial charge in [0.05, 0.1) is 12.7 Å². The van der Waals surface area contributed by atoms with Gasteiger partial charge in [-0.1, -0.05) is 24.3 Å². The highest BCUT2D eigenvalue weighted by atomic mass is 16.5. The van der Waals surface area contributed by atoms with E-state index in [0.29, 0.717) is 12.1 Å². The van der Waals surface area contributed by atoms with Crippen LogP contribution in [-0.4, -0.2) is 18.2 Å². The molecule has 0 aliphatic rings. The topological polar surface area (TPSA) is 50.4 Å². The van der Waals surface area contributed by atoms with E-state index < -0.39 is 5.97 Å². The molecule has 26 heavy (non-hydrogen) atoms. The van der Waals surface area contributed by atoms with E-state index in [1.165, 1.54) is 0 Å². The van der Waals surface area contributed by atoms with Crippen molar-refractivity contribution >= 4 is 18.1 Å². The van der Waals surface area contributed by atoms with Gasteiger partial charge < -0.3 is 9.84 Å². The van der Waals surface area contributed by atoms with Gasteiger partial charge in [-0.25, -0.2) is 4.79 Å². The smallest absolute Gasteiger partial charge is 0.335 e. The number of benzene rings is 2. The van der Waals surface area contributed by atoms with Gasteiger partial charge in [-0.2, -0.15) is 4.57 Å². The highest BCUT2D eigenvalue weighted by Gasteiger charge is 2.10. The van der Waals surface area contributed by atoms with Crippen LogP contribution < -0.4 is 9.30 Å². The van der Waals surface area contributed by atoms with Crippen molar-refractivity contribution in [1.82, 2.24) is 0 Å². The van der Waals surface area contributed by atoms with Gasteiger partial charge in [0.15, 0.2) is 12.7 Å². The van der Waals surface area contributed by atoms with Gasteiger partial charge in [0.2, 0.25) is 5.69 Å². The second kappa shape index (κ2) is 8.12. The SMILES string of the molecule is COc1cccc(/C=C/c2cccc[n+]2Cc2cccc(C(=O)O)c2)c1. The molecule has 1 aromatic heterocycles. The molecule has 0 bridgehead atoms. The van der Waals surface area contributed by atoms with E-state index in [2.05, 4.69) is 4.57 Å². The minimum atomic E-state index is -0.914. The summed E-state index contributed by atoms with van der Waals surface area (Å²) < 4.78 is 7.33. The van der Waals surface area contributed by atoms with Gasteiger partial charge in [0.25, 0.3) is 0 Å². The predicted octanol–water partition coefficient (Wildman–Crippen LogP) is 3.90. The third-order valence-corrected chi connectivity index (χ3v) is 4.04. The second-order valence-corrected chi connectivity index (χ2v) is 5.87. The van der Waals surface area contributed by atoms with Crippen molar-refractivity contribution in [3.05, 3.63) is 95.3 Å². The molecule has 0 aliphatic heterocycles. The predicted molar refractivity (Wildman–Crippen MR) is 101 cm³/mol. The molecule has 0 amide bonds. The number of carbonyl (C=O) groups is 1. The van der Waals surface area contributed by atoms with E-state index in [9.17, 15) is 4.79 Å². The summed E-state index contributed by atoms with van der Waals surface area (Å²) in [6.07, 6.45) is 6.05. The molecule has 4 heteroatoms. The minimum absolute atomic E-state index is 0.299. The van der Waals surface area contributed by atoms with Crippen molar-refractivity contribution in [3.8, 4) is 5.75 Å². The Morgan fingerprint density at radius 1 is 1.04 bits per heavy atom. The first kappa shape index (κ1) is 17.4. The molecule has 0 atom stereocenters. The van der Waals surface area contributed by atoms with E-state index in [-0.39, 0.29) is 0 Å². The highest BCUT2D eigenvalue weighted by Crippen LogP contribution is 2.14. The number of nitrogens with zero attached hydrogens (tertiary/aromatic N) is 1. The number of aromatic carboxylic acids is 1. The Labute approximate surface area is 152 Å². The number of ether oxygens (including phenoxy) is 1. The van der Waals surface area contributed by atoms with E-state index in [1.807, 2.05) is 66.9 Å². The van der Waals surface area contributed by atoms with Crippen LogP contribution in [0.4, 0.5) is 0 Å². The molecule has 130 valence electrons. The Hall–Kier alpha value is -3.40. The summed E-state index contributed by atoms with van der Waals surface area (Å²) >= 11 is 0. The average molecular weight is 346 g/mol. The molecule has 0 saturated heterocycles. The summed E-state index contributed by atoms with van der Waals surface area (Å²) in [5.74, 6) is -0.0957. The van der Waals surface area contributed by atoms with Crippen LogP contribution in [0.3, 0.4) is 0 Å². The first-order valence-electron chi connectivity index (χ1n) is 8.28. The quantitative estimate of drug-likeness (QED) is 0.689. The van der Waals surface area contributed by atoms with Crippen LogP contribution in [0.25, 0.3) is 12.2 Å². The maximum Gasteiger partial charge on any atom is 0.335 e. The lowest BCUT2D eigenvalue weighted by molar-refractivity contribution is -0.690. The summed E-state index contributed by atoms with van der Waals surface area (Å²) in [4.78, 5) is 11.2. The van der Waals surface area contributed by atoms with Gasteiger partial charge in [-0.3, -0.25) is 0 Å². The zero-order valence-electron chi connectivity index (χ0n) is 14.5. The van der Waals surface area contributed by atoms with Gasteiger partial charge in [-0.15, -0.1) is 0 Å². The Balaban J connectivity index is 1.85. The third-order valence-electron chi connectivity index (χ3n) is 4.04. The lowest BCUT2D eigenvalue weighted by Crippen LogP contribution is -2.37. The van der Waals surface area contributed by atoms with Gasteiger partial charge in [0.1, 0.15) is 5.75 Å². The fourth-order valence-corrected chi connectivity index (χ4v) is 2.71. The summed E-state index contributed by atoms with van der Waals surface area (Å²) in [5.41, 5.74) is 3.31. The lowest BCUT2D eigenvalue weighted by Gasteiger charge is -2.03. The Morgan fingerprint density at radius 3 is 2.69 bits per heavy atom.